The summed E-state index contributed by atoms with van der Waals surface area (Å²) in [4.78, 5) is 17.3. The van der Waals surface area contributed by atoms with E-state index in [1.165, 1.54) is 5.56 Å². The van der Waals surface area contributed by atoms with E-state index in [0.717, 1.165) is 74.2 Å². The number of morpholine rings is 1. The van der Waals surface area contributed by atoms with Crippen LogP contribution in [0, 0.1) is 0 Å². The van der Waals surface area contributed by atoms with Gasteiger partial charge in [-0.05, 0) is 29.5 Å². The highest BCUT2D eigenvalue weighted by Crippen LogP contribution is 2.31. The van der Waals surface area contributed by atoms with E-state index in [1.807, 2.05) is 35.4 Å². The maximum absolute atomic E-state index is 12.8. The number of fused-ring (bicyclic) bond motifs is 1. The maximum atomic E-state index is 12.8. The number of H-pyrrole nitrogens is 1. The Morgan fingerprint density at radius 3 is 2.66 bits per heavy atom. The van der Waals surface area contributed by atoms with Crippen LogP contribution in [0.5, 0.6) is 0 Å². The number of likely N-dealkylation sites (tertiary alicyclic amines) is 1. The number of rotatable bonds is 5. The van der Waals surface area contributed by atoms with Crippen molar-refractivity contribution in [2.45, 2.75) is 38.0 Å². The molecule has 2 fully saturated rings. The Labute approximate surface area is 188 Å². The Kier molecular flexibility index (Phi) is 5.95. The van der Waals surface area contributed by atoms with Crippen molar-refractivity contribution in [3.05, 3.63) is 65.4 Å². The molecule has 3 heterocycles. The van der Waals surface area contributed by atoms with Crippen LogP contribution in [0.3, 0.4) is 0 Å². The summed E-state index contributed by atoms with van der Waals surface area (Å²) in [7, 11) is 0. The summed E-state index contributed by atoms with van der Waals surface area (Å²) in [5.74, 6) is 0.162. The van der Waals surface area contributed by atoms with Crippen LogP contribution in [0.1, 0.15) is 29.5 Å². The van der Waals surface area contributed by atoms with Crippen molar-refractivity contribution in [1.29, 1.82) is 0 Å². The van der Waals surface area contributed by atoms with Crippen molar-refractivity contribution in [2.24, 2.45) is 0 Å². The van der Waals surface area contributed by atoms with E-state index in [2.05, 4.69) is 33.3 Å². The van der Waals surface area contributed by atoms with Crippen LogP contribution in [0.25, 0.3) is 10.9 Å². The van der Waals surface area contributed by atoms with Gasteiger partial charge in [-0.3, -0.25) is 14.8 Å². The minimum Gasteiger partial charge on any atom is -0.392 e. The largest absolute Gasteiger partial charge is 0.392 e. The molecular formula is C25H30N4O3. The molecule has 32 heavy (non-hydrogen) atoms. The van der Waals surface area contributed by atoms with E-state index < -0.39 is 0 Å². The summed E-state index contributed by atoms with van der Waals surface area (Å²) < 4.78 is 6.30. The molecule has 0 saturated carbocycles. The summed E-state index contributed by atoms with van der Waals surface area (Å²) in [6, 6.07) is 13.9. The third-order valence-corrected chi connectivity index (χ3v) is 6.87. The van der Waals surface area contributed by atoms with Crippen molar-refractivity contribution in [1.82, 2.24) is 20.0 Å². The van der Waals surface area contributed by atoms with E-state index >= 15 is 0 Å². The molecule has 0 bridgehead atoms. The zero-order chi connectivity index (χ0) is 22.0. The number of aliphatic hydroxyl groups excluding tert-OH is 1. The summed E-state index contributed by atoms with van der Waals surface area (Å²) in [6.07, 6.45) is 4.01. The number of piperidine rings is 1. The van der Waals surface area contributed by atoms with E-state index in [1.54, 1.807) is 0 Å². The fourth-order valence-electron chi connectivity index (χ4n) is 4.98. The highest BCUT2D eigenvalue weighted by Gasteiger charge is 2.40. The lowest BCUT2D eigenvalue weighted by molar-refractivity contribution is -0.150. The van der Waals surface area contributed by atoms with Crippen LogP contribution in [0.15, 0.2) is 48.7 Å². The molecule has 0 aliphatic carbocycles. The molecule has 2 saturated heterocycles. The zero-order valence-electron chi connectivity index (χ0n) is 18.3. The second-order valence-electron chi connectivity index (χ2n) is 9.03. The van der Waals surface area contributed by atoms with E-state index in [-0.39, 0.29) is 18.1 Å². The van der Waals surface area contributed by atoms with Crippen LogP contribution < -0.4 is 0 Å². The fourth-order valence-corrected chi connectivity index (χ4v) is 4.98. The van der Waals surface area contributed by atoms with Gasteiger partial charge in [-0.25, -0.2) is 0 Å². The number of nitrogens with zero attached hydrogens (tertiary/aromatic N) is 3. The molecule has 0 atom stereocenters. The molecule has 1 spiro atoms. The predicted octanol–water partition coefficient (Wildman–Crippen LogP) is 2.49. The normalized spacial score (nSPS) is 19.0. The van der Waals surface area contributed by atoms with Crippen molar-refractivity contribution in [3.63, 3.8) is 0 Å². The van der Waals surface area contributed by atoms with Crippen molar-refractivity contribution >= 4 is 16.8 Å². The van der Waals surface area contributed by atoms with E-state index in [4.69, 9.17) is 4.74 Å². The van der Waals surface area contributed by atoms with Crippen molar-refractivity contribution in [2.75, 3.05) is 32.8 Å². The van der Waals surface area contributed by atoms with E-state index in [0.29, 0.717) is 6.42 Å². The second kappa shape index (κ2) is 9.02. The number of benzene rings is 2. The van der Waals surface area contributed by atoms with Crippen LogP contribution in [0.4, 0.5) is 0 Å². The number of aromatic amines is 1. The minimum absolute atomic E-state index is 0.0243. The number of para-hydroxylation sites is 1. The Bertz CT molecular complexity index is 1070. The van der Waals surface area contributed by atoms with Gasteiger partial charge in [0.05, 0.1) is 36.9 Å². The molecule has 0 radical (unpaired) electrons. The third kappa shape index (κ3) is 4.41. The molecule has 7 heteroatoms. The predicted molar refractivity (Wildman–Crippen MR) is 122 cm³/mol. The molecule has 5 rings (SSSR count). The average Bonchev–Trinajstić information content (AvgIpc) is 3.30. The monoisotopic (exact) mass is 434 g/mol. The molecule has 2 N–H and O–H groups in total. The SMILES string of the molecule is O=C(Cc1ccc(CO)cc1)N1CCC2(CC1)CN(Cc1cccc3cn[nH]c13)CCO2. The van der Waals surface area contributed by atoms with Gasteiger partial charge in [0.15, 0.2) is 0 Å². The van der Waals surface area contributed by atoms with Crippen molar-refractivity contribution in [3.8, 4) is 0 Å². The highest BCUT2D eigenvalue weighted by atomic mass is 16.5. The molecule has 3 aromatic rings. The van der Waals surface area contributed by atoms with Crippen LogP contribution >= 0.6 is 0 Å². The number of aliphatic hydroxyl groups is 1. The Morgan fingerprint density at radius 2 is 1.88 bits per heavy atom. The number of nitrogens with one attached hydrogen (secondary N) is 1. The smallest absolute Gasteiger partial charge is 0.226 e. The average molecular weight is 435 g/mol. The maximum Gasteiger partial charge on any atom is 0.226 e. The number of hydrogen-bond acceptors (Lipinski definition) is 5. The van der Waals surface area contributed by atoms with Crippen LogP contribution in [0.2, 0.25) is 0 Å². The van der Waals surface area contributed by atoms with Gasteiger partial charge in [0.2, 0.25) is 5.91 Å². The lowest BCUT2D eigenvalue weighted by Crippen LogP contribution is -2.57. The van der Waals surface area contributed by atoms with E-state index in [9.17, 15) is 9.90 Å². The first kappa shape index (κ1) is 21.1. The van der Waals surface area contributed by atoms with Crippen LogP contribution in [-0.4, -0.2) is 69.4 Å². The van der Waals surface area contributed by atoms with Gasteiger partial charge in [0.1, 0.15) is 0 Å². The standard InChI is InChI=1S/C25H30N4O3/c30-17-20-6-4-19(5-7-20)14-23(31)29-10-8-25(9-11-29)18-28(12-13-32-25)16-22-3-1-2-21-15-26-27-24(21)22/h1-7,15,30H,8-14,16-18H2,(H,26,27). The lowest BCUT2D eigenvalue weighted by Gasteiger charge is -2.47. The Morgan fingerprint density at radius 1 is 1.09 bits per heavy atom. The zero-order valence-corrected chi connectivity index (χ0v) is 18.3. The van der Waals surface area contributed by atoms with Gasteiger partial charge >= 0.3 is 0 Å². The number of amides is 1. The van der Waals surface area contributed by atoms with Gasteiger partial charge in [-0.1, -0.05) is 42.5 Å². The molecule has 2 aliphatic heterocycles. The topological polar surface area (TPSA) is 81.7 Å². The van der Waals surface area contributed by atoms with Crippen LogP contribution in [-0.2, 0) is 29.1 Å². The molecular weight excluding hydrogens is 404 g/mol. The number of ether oxygens (including phenoxy) is 1. The minimum atomic E-state index is -0.167. The number of aromatic nitrogens is 2. The third-order valence-electron chi connectivity index (χ3n) is 6.87. The highest BCUT2D eigenvalue weighted by molar-refractivity contribution is 5.81. The van der Waals surface area contributed by atoms with Gasteiger partial charge in [-0.15, -0.1) is 0 Å². The second-order valence-corrected chi connectivity index (χ2v) is 9.03. The fraction of sp³-hybridized carbons (Fsp3) is 0.440. The molecule has 168 valence electrons. The Balaban J connectivity index is 1.18. The summed E-state index contributed by atoms with van der Waals surface area (Å²) in [5.41, 5.74) is 4.06. The number of carbonyl (C=O) groups excluding carboxylic acids is 1. The first-order chi connectivity index (χ1) is 15.6. The quantitative estimate of drug-likeness (QED) is 0.645. The molecule has 0 unspecified atom stereocenters. The van der Waals surface area contributed by atoms with Gasteiger partial charge in [-0.2, -0.15) is 5.10 Å². The molecule has 7 nitrogen and oxygen atoms in total. The first-order valence-electron chi connectivity index (χ1n) is 11.4. The molecule has 2 aliphatic rings. The molecule has 1 aromatic heterocycles. The first-order valence-corrected chi connectivity index (χ1v) is 11.4. The van der Waals surface area contributed by atoms with Crippen molar-refractivity contribution < 1.29 is 14.6 Å². The lowest BCUT2D eigenvalue weighted by atomic mass is 9.89. The molecule has 1 amide bonds. The summed E-state index contributed by atoms with van der Waals surface area (Å²) >= 11 is 0. The molecule has 2 aromatic carbocycles. The van der Waals surface area contributed by atoms with Gasteiger partial charge < -0.3 is 14.7 Å². The number of carbonyl (C=O) groups is 1. The summed E-state index contributed by atoms with van der Waals surface area (Å²) in [5, 5.41) is 17.6. The number of hydrogen-bond donors (Lipinski definition) is 2. The van der Waals surface area contributed by atoms with Gasteiger partial charge in [0, 0.05) is 38.1 Å². The Hall–Kier alpha value is -2.74. The summed E-state index contributed by atoms with van der Waals surface area (Å²) in [6.45, 7) is 4.90. The van der Waals surface area contributed by atoms with Gasteiger partial charge in [0.25, 0.3) is 0 Å².